The predicted molar refractivity (Wildman–Crippen MR) is 73.0 cm³/mol. The van der Waals surface area contributed by atoms with Gasteiger partial charge in [-0.05, 0) is 46.7 Å². The molecular weight excluding hydrogens is 216 g/mol. The van der Waals surface area contributed by atoms with Crippen molar-refractivity contribution in [2.24, 2.45) is 0 Å². The summed E-state index contributed by atoms with van der Waals surface area (Å²) < 4.78 is 0. The zero-order valence-electron chi connectivity index (χ0n) is 11.3. The molecule has 0 N–H and O–H groups in total. The van der Waals surface area contributed by atoms with Crippen LogP contribution in [0.4, 0.5) is 0 Å². The van der Waals surface area contributed by atoms with Crippen molar-refractivity contribution in [1.82, 2.24) is 9.80 Å². The van der Waals surface area contributed by atoms with Gasteiger partial charge in [0.05, 0.1) is 4.87 Å². The lowest BCUT2D eigenvalue weighted by Crippen LogP contribution is -2.59. The molecule has 1 unspecified atom stereocenters. The minimum atomic E-state index is 0.320. The highest BCUT2D eigenvalue weighted by atomic mass is 32.2. The number of likely N-dealkylation sites (tertiary alicyclic amines) is 1. The fourth-order valence-corrected chi connectivity index (χ4v) is 4.99. The maximum absolute atomic E-state index is 2.76. The molecule has 1 atom stereocenters. The molecule has 16 heavy (non-hydrogen) atoms. The highest BCUT2D eigenvalue weighted by Crippen LogP contribution is 2.45. The van der Waals surface area contributed by atoms with Gasteiger partial charge in [-0.25, -0.2) is 0 Å². The van der Waals surface area contributed by atoms with Crippen LogP contribution in [-0.4, -0.2) is 52.1 Å². The Hall–Kier alpha value is 0.270. The fraction of sp³-hybridized carbons (Fsp3) is 1.00. The molecule has 2 aliphatic rings. The van der Waals surface area contributed by atoms with Gasteiger partial charge in [0.1, 0.15) is 0 Å². The molecule has 1 spiro atoms. The third kappa shape index (κ3) is 2.27. The molecule has 94 valence electrons. The van der Waals surface area contributed by atoms with Crippen molar-refractivity contribution in [3.63, 3.8) is 0 Å². The van der Waals surface area contributed by atoms with Crippen molar-refractivity contribution in [3.8, 4) is 0 Å². The SMILES string of the molecule is CCN1CCCC2(C1)SCCN2C(C)(C)C. The second-order valence-electron chi connectivity index (χ2n) is 6.09. The van der Waals surface area contributed by atoms with Crippen LogP contribution in [-0.2, 0) is 0 Å². The van der Waals surface area contributed by atoms with Crippen LogP contribution in [0.3, 0.4) is 0 Å². The molecule has 2 rings (SSSR count). The van der Waals surface area contributed by atoms with E-state index in [0.29, 0.717) is 10.4 Å². The molecule has 2 aliphatic heterocycles. The average Bonchev–Trinajstić information content (AvgIpc) is 2.61. The molecule has 0 aromatic rings. The zero-order chi connectivity index (χ0) is 11.8. The maximum atomic E-state index is 2.76. The third-order valence-corrected chi connectivity index (χ3v) is 5.42. The van der Waals surface area contributed by atoms with E-state index in [-0.39, 0.29) is 0 Å². The summed E-state index contributed by atoms with van der Waals surface area (Å²) in [7, 11) is 0. The minimum absolute atomic E-state index is 0.320. The fourth-order valence-electron chi connectivity index (χ4n) is 3.25. The third-order valence-electron chi connectivity index (χ3n) is 3.95. The van der Waals surface area contributed by atoms with Crippen molar-refractivity contribution >= 4 is 11.8 Å². The quantitative estimate of drug-likeness (QED) is 0.698. The van der Waals surface area contributed by atoms with Crippen molar-refractivity contribution in [2.75, 3.05) is 31.9 Å². The normalized spacial score (nSPS) is 33.8. The highest BCUT2D eigenvalue weighted by molar-refractivity contribution is 8.00. The zero-order valence-corrected chi connectivity index (χ0v) is 12.1. The van der Waals surface area contributed by atoms with Crippen LogP contribution < -0.4 is 0 Å². The first-order valence-corrected chi connectivity index (χ1v) is 7.60. The van der Waals surface area contributed by atoms with Gasteiger partial charge in [-0.3, -0.25) is 4.90 Å². The van der Waals surface area contributed by atoms with Crippen LogP contribution in [0.5, 0.6) is 0 Å². The Morgan fingerprint density at radius 2 is 2.00 bits per heavy atom. The Morgan fingerprint density at radius 1 is 1.25 bits per heavy atom. The van der Waals surface area contributed by atoms with E-state index >= 15 is 0 Å². The van der Waals surface area contributed by atoms with Crippen LogP contribution in [0, 0.1) is 0 Å². The first-order valence-electron chi connectivity index (χ1n) is 6.62. The van der Waals surface area contributed by atoms with Crippen LogP contribution >= 0.6 is 11.8 Å². The van der Waals surface area contributed by atoms with Gasteiger partial charge in [0.25, 0.3) is 0 Å². The van der Waals surface area contributed by atoms with Gasteiger partial charge in [-0.1, -0.05) is 6.92 Å². The van der Waals surface area contributed by atoms with E-state index in [1.54, 1.807) is 0 Å². The van der Waals surface area contributed by atoms with E-state index in [4.69, 9.17) is 0 Å². The van der Waals surface area contributed by atoms with Crippen molar-refractivity contribution < 1.29 is 0 Å². The van der Waals surface area contributed by atoms with Crippen LogP contribution in [0.15, 0.2) is 0 Å². The highest BCUT2D eigenvalue weighted by Gasteiger charge is 2.48. The van der Waals surface area contributed by atoms with Crippen LogP contribution in [0.2, 0.25) is 0 Å². The molecule has 0 saturated carbocycles. The Balaban J connectivity index is 2.16. The second kappa shape index (κ2) is 4.51. The van der Waals surface area contributed by atoms with Gasteiger partial charge in [-0.2, -0.15) is 0 Å². The van der Waals surface area contributed by atoms with Crippen molar-refractivity contribution in [2.45, 2.75) is 50.9 Å². The number of hydrogen-bond acceptors (Lipinski definition) is 3. The van der Waals surface area contributed by atoms with E-state index in [9.17, 15) is 0 Å². The van der Waals surface area contributed by atoms with E-state index < -0.39 is 0 Å². The summed E-state index contributed by atoms with van der Waals surface area (Å²) in [6, 6.07) is 0. The number of nitrogens with zero attached hydrogens (tertiary/aromatic N) is 2. The van der Waals surface area contributed by atoms with Gasteiger partial charge in [0, 0.05) is 24.4 Å². The lowest BCUT2D eigenvalue weighted by molar-refractivity contribution is 0.0279. The first-order chi connectivity index (χ1) is 7.48. The molecule has 2 saturated heterocycles. The molecule has 2 nitrogen and oxygen atoms in total. The van der Waals surface area contributed by atoms with Gasteiger partial charge < -0.3 is 4.90 Å². The molecule has 0 bridgehead atoms. The summed E-state index contributed by atoms with van der Waals surface area (Å²) >= 11 is 2.20. The summed E-state index contributed by atoms with van der Waals surface area (Å²) in [5.41, 5.74) is 0.320. The standard InChI is InChI=1S/C13H26N2S/c1-5-14-8-6-7-13(11-14)15(9-10-16-13)12(2,3)4/h5-11H2,1-4H3. The molecule has 0 aromatic carbocycles. The second-order valence-corrected chi connectivity index (χ2v) is 7.55. The van der Waals surface area contributed by atoms with Crippen molar-refractivity contribution in [1.29, 1.82) is 0 Å². The number of rotatable bonds is 1. The molecule has 2 heterocycles. The van der Waals surface area contributed by atoms with Gasteiger partial charge in [-0.15, -0.1) is 11.8 Å². The molecular formula is C13H26N2S. The number of thioether (sulfide) groups is 1. The summed E-state index contributed by atoms with van der Waals surface area (Å²) in [4.78, 5) is 5.81. The predicted octanol–water partition coefficient (Wildman–Crippen LogP) is 2.65. The molecule has 2 fully saturated rings. The number of likely N-dealkylation sites (N-methyl/N-ethyl adjacent to an activating group) is 1. The maximum Gasteiger partial charge on any atom is 0.0803 e. The van der Waals surface area contributed by atoms with Gasteiger partial charge in [0.15, 0.2) is 0 Å². The van der Waals surface area contributed by atoms with E-state index in [0.717, 1.165) is 0 Å². The average molecular weight is 242 g/mol. The Kier molecular flexibility index (Phi) is 3.58. The summed E-state index contributed by atoms with van der Waals surface area (Å²) in [6.07, 6.45) is 2.75. The summed E-state index contributed by atoms with van der Waals surface area (Å²) in [6.45, 7) is 14.4. The Morgan fingerprint density at radius 3 is 2.62 bits per heavy atom. The number of piperidine rings is 1. The Labute approximate surface area is 105 Å². The summed E-state index contributed by atoms with van der Waals surface area (Å²) in [5.74, 6) is 1.31. The monoisotopic (exact) mass is 242 g/mol. The van der Waals surface area contributed by atoms with Gasteiger partial charge >= 0.3 is 0 Å². The summed E-state index contributed by atoms with van der Waals surface area (Å²) in [5, 5.41) is 0. The molecule has 0 radical (unpaired) electrons. The molecule has 0 aliphatic carbocycles. The van der Waals surface area contributed by atoms with Crippen molar-refractivity contribution in [3.05, 3.63) is 0 Å². The molecule has 0 amide bonds. The minimum Gasteiger partial charge on any atom is -0.301 e. The molecule has 3 heteroatoms. The lowest BCUT2D eigenvalue weighted by atomic mass is 9.96. The largest absolute Gasteiger partial charge is 0.301 e. The lowest BCUT2D eigenvalue weighted by Gasteiger charge is -2.50. The first kappa shape index (κ1) is 12.7. The van der Waals surface area contributed by atoms with Crippen LogP contribution in [0.25, 0.3) is 0 Å². The Bertz CT molecular complexity index is 249. The van der Waals surface area contributed by atoms with Crippen LogP contribution in [0.1, 0.15) is 40.5 Å². The smallest absolute Gasteiger partial charge is 0.0803 e. The number of hydrogen-bond donors (Lipinski definition) is 0. The van der Waals surface area contributed by atoms with Gasteiger partial charge in [0.2, 0.25) is 0 Å². The van der Waals surface area contributed by atoms with E-state index in [1.165, 1.54) is 44.8 Å². The van der Waals surface area contributed by atoms with E-state index in [2.05, 4.69) is 49.3 Å². The topological polar surface area (TPSA) is 6.48 Å². The van der Waals surface area contributed by atoms with E-state index in [1.807, 2.05) is 0 Å². The molecule has 0 aromatic heterocycles.